The van der Waals surface area contributed by atoms with Crippen LogP contribution in [0.2, 0.25) is 0 Å². The fraction of sp³-hybridized carbons (Fsp3) is 0.583. The molecule has 1 aromatic heterocycles. The molecule has 0 radical (unpaired) electrons. The third-order valence-electron chi connectivity index (χ3n) is 2.46. The van der Waals surface area contributed by atoms with Crippen LogP contribution in [-0.4, -0.2) is 37.1 Å². The molecule has 4 heteroatoms. The molecule has 0 aliphatic rings. The highest BCUT2D eigenvalue weighted by Gasteiger charge is 2.15. The van der Waals surface area contributed by atoms with Gasteiger partial charge in [-0.15, -0.1) is 0 Å². The Labute approximate surface area is 97.9 Å². The van der Waals surface area contributed by atoms with Crippen LogP contribution in [0.3, 0.4) is 0 Å². The van der Waals surface area contributed by atoms with E-state index in [9.17, 15) is 0 Å². The third-order valence-corrected chi connectivity index (χ3v) is 2.46. The van der Waals surface area contributed by atoms with Crippen LogP contribution in [0.1, 0.15) is 24.1 Å². The fourth-order valence-corrected chi connectivity index (χ4v) is 1.77. The predicted molar refractivity (Wildman–Crippen MR) is 68.4 cm³/mol. The number of aryl methyl sites for hydroxylation is 1. The highest BCUT2D eigenvalue weighted by Crippen LogP contribution is 2.20. The second-order valence-corrected chi connectivity index (χ2v) is 4.36. The summed E-state index contributed by atoms with van der Waals surface area (Å²) in [6, 6.07) is 2.35. The first-order chi connectivity index (χ1) is 7.54. The second-order valence-electron chi connectivity index (χ2n) is 4.36. The Morgan fingerprint density at radius 2 is 2.19 bits per heavy atom. The first-order valence-corrected chi connectivity index (χ1v) is 5.64. The summed E-state index contributed by atoms with van der Waals surface area (Å²) in [5.41, 5.74) is 8.16. The van der Waals surface area contributed by atoms with Crippen LogP contribution >= 0.6 is 0 Å². The van der Waals surface area contributed by atoms with Crippen molar-refractivity contribution in [1.82, 2.24) is 15.2 Å². The van der Waals surface area contributed by atoms with Crippen molar-refractivity contribution in [2.75, 3.05) is 32.9 Å². The predicted octanol–water partition coefficient (Wildman–Crippen LogP) is 1.18. The monoisotopic (exact) mass is 222 g/mol. The van der Waals surface area contributed by atoms with Gasteiger partial charge in [0.05, 0.1) is 0 Å². The molecule has 90 valence electrons. The van der Waals surface area contributed by atoms with E-state index in [0.717, 1.165) is 24.2 Å². The Hall–Kier alpha value is -1.13. The summed E-state index contributed by atoms with van der Waals surface area (Å²) in [5, 5.41) is 3.44. The van der Waals surface area contributed by atoms with Crippen molar-refractivity contribution in [2.24, 2.45) is 0 Å². The molecule has 3 N–H and O–H groups in total. The van der Waals surface area contributed by atoms with E-state index in [4.69, 9.17) is 5.73 Å². The lowest BCUT2D eigenvalue weighted by Crippen LogP contribution is -2.31. The van der Waals surface area contributed by atoms with Gasteiger partial charge in [-0.3, -0.25) is 0 Å². The zero-order valence-corrected chi connectivity index (χ0v) is 10.6. The highest BCUT2D eigenvalue weighted by molar-refractivity contribution is 5.43. The molecule has 1 rings (SSSR count). The van der Waals surface area contributed by atoms with E-state index in [1.807, 2.05) is 6.92 Å². The molecule has 16 heavy (non-hydrogen) atoms. The first-order valence-electron chi connectivity index (χ1n) is 5.64. The molecular formula is C12H22N4. The Bertz CT molecular complexity index is 336. The van der Waals surface area contributed by atoms with Crippen LogP contribution in [0.15, 0.2) is 12.3 Å². The van der Waals surface area contributed by atoms with Crippen molar-refractivity contribution in [3.63, 3.8) is 0 Å². The number of nitrogen functional groups attached to an aromatic ring is 1. The standard InChI is InChI=1S/C12H22N4/c1-5-14-11(8-16(3)4)10-6-9(2)7-15-12(10)13/h6-7,11,14H,5,8H2,1-4H3,(H2,13,15). The zero-order chi connectivity index (χ0) is 12.1. The van der Waals surface area contributed by atoms with Gasteiger partial charge in [-0.05, 0) is 39.2 Å². The number of aromatic nitrogens is 1. The van der Waals surface area contributed by atoms with Crippen LogP contribution in [0.4, 0.5) is 5.82 Å². The average molecular weight is 222 g/mol. The molecule has 0 aliphatic carbocycles. The van der Waals surface area contributed by atoms with E-state index < -0.39 is 0 Å². The van der Waals surface area contributed by atoms with Gasteiger partial charge in [-0.2, -0.15) is 0 Å². The first kappa shape index (κ1) is 12.9. The van der Waals surface area contributed by atoms with Crippen molar-refractivity contribution in [3.8, 4) is 0 Å². The molecule has 0 amide bonds. The maximum Gasteiger partial charge on any atom is 0.128 e. The number of nitrogens with one attached hydrogen (secondary N) is 1. The van der Waals surface area contributed by atoms with E-state index in [-0.39, 0.29) is 6.04 Å². The summed E-state index contributed by atoms with van der Waals surface area (Å²) < 4.78 is 0. The molecule has 1 unspecified atom stereocenters. The minimum absolute atomic E-state index is 0.243. The summed E-state index contributed by atoms with van der Waals surface area (Å²) in [6.45, 7) is 5.98. The molecule has 0 fully saturated rings. The topological polar surface area (TPSA) is 54.2 Å². The maximum absolute atomic E-state index is 5.93. The smallest absolute Gasteiger partial charge is 0.128 e. The van der Waals surface area contributed by atoms with Gasteiger partial charge < -0.3 is 16.0 Å². The van der Waals surface area contributed by atoms with Crippen LogP contribution < -0.4 is 11.1 Å². The number of hydrogen-bond acceptors (Lipinski definition) is 4. The van der Waals surface area contributed by atoms with Crippen molar-refractivity contribution < 1.29 is 0 Å². The van der Waals surface area contributed by atoms with Crippen molar-refractivity contribution in [2.45, 2.75) is 19.9 Å². The molecule has 0 aromatic carbocycles. The van der Waals surface area contributed by atoms with Gasteiger partial charge >= 0.3 is 0 Å². The minimum Gasteiger partial charge on any atom is -0.383 e. The number of likely N-dealkylation sites (N-methyl/N-ethyl adjacent to an activating group) is 2. The summed E-state index contributed by atoms with van der Waals surface area (Å²) in [5.74, 6) is 0.624. The quantitative estimate of drug-likeness (QED) is 0.785. The molecule has 0 spiro atoms. The van der Waals surface area contributed by atoms with Crippen LogP contribution in [0.25, 0.3) is 0 Å². The largest absolute Gasteiger partial charge is 0.383 e. The molecule has 1 aromatic rings. The van der Waals surface area contributed by atoms with E-state index in [2.05, 4.69) is 42.3 Å². The van der Waals surface area contributed by atoms with Crippen LogP contribution in [0.5, 0.6) is 0 Å². The molecule has 4 nitrogen and oxygen atoms in total. The number of pyridine rings is 1. The van der Waals surface area contributed by atoms with E-state index in [1.165, 1.54) is 0 Å². The van der Waals surface area contributed by atoms with Gasteiger partial charge in [0.1, 0.15) is 5.82 Å². The van der Waals surface area contributed by atoms with Gasteiger partial charge in [0.15, 0.2) is 0 Å². The van der Waals surface area contributed by atoms with E-state index in [0.29, 0.717) is 5.82 Å². The molecular weight excluding hydrogens is 200 g/mol. The summed E-state index contributed by atoms with van der Waals surface area (Å²) in [4.78, 5) is 6.36. The van der Waals surface area contributed by atoms with Gasteiger partial charge in [0, 0.05) is 24.3 Å². The maximum atomic E-state index is 5.93. The van der Waals surface area contributed by atoms with Gasteiger partial charge in [0.2, 0.25) is 0 Å². The van der Waals surface area contributed by atoms with E-state index >= 15 is 0 Å². The molecule has 0 aliphatic heterocycles. The summed E-state index contributed by atoms with van der Waals surface area (Å²) in [7, 11) is 4.12. The normalized spacial score (nSPS) is 13.1. The lowest BCUT2D eigenvalue weighted by molar-refractivity contribution is 0.345. The Kier molecular flexibility index (Phi) is 4.71. The Balaban J connectivity index is 2.94. The van der Waals surface area contributed by atoms with Crippen molar-refractivity contribution >= 4 is 5.82 Å². The second kappa shape index (κ2) is 5.82. The molecule has 0 saturated heterocycles. The average Bonchev–Trinajstić information content (AvgIpc) is 2.20. The number of rotatable bonds is 5. The number of hydrogen-bond donors (Lipinski definition) is 2. The Morgan fingerprint density at radius 3 is 2.75 bits per heavy atom. The SMILES string of the molecule is CCNC(CN(C)C)c1cc(C)cnc1N. The highest BCUT2D eigenvalue weighted by atomic mass is 15.1. The van der Waals surface area contributed by atoms with Crippen LogP contribution in [-0.2, 0) is 0 Å². The zero-order valence-electron chi connectivity index (χ0n) is 10.6. The number of nitrogens with two attached hydrogens (primary N) is 1. The third kappa shape index (κ3) is 3.47. The lowest BCUT2D eigenvalue weighted by atomic mass is 10.1. The number of anilines is 1. The number of nitrogens with zero attached hydrogens (tertiary/aromatic N) is 2. The Morgan fingerprint density at radius 1 is 1.50 bits per heavy atom. The van der Waals surface area contributed by atoms with Gasteiger partial charge in [-0.1, -0.05) is 6.92 Å². The summed E-state index contributed by atoms with van der Waals surface area (Å²) in [6.07, 6.45) is 1.80. The minimum atomic E-state index is 0.243. The fourth-order valence-electron chi connectivity index (χ4n) is 1.77. The molecule has 0 bridgehead atoms. The summed E-state index contributed by atoms with van der Waals surface area (Å²) >= 11 is 0. The van der Waals surface area contributed by atoms with Crippen LogP contribution in [0, 0.1) is 6.92 Å². The molecule has 1 atom stereocenters. The molecule has 0 saturated carbocycles. The van der Waals surface area contributed by atoms with Crippen molar-refractivity contribution in [3.05, 3.63) is 23.4 Å². The van der Waals surface area contributed by atoms with Gasteiger partial charge in [0.25, 0.3) is 0 Å². The van der Waals surface area contributed by atoms with E-state index in [1.54, 1.807) is 6.20 Å². The van der Waals surface area contributed by atoms with Crippen molar-refractivity contribution in [1.29, 1.82) is 0 Å². The van der Waals surface area contributed by atoms with Gasteiger partial charge in [-0.25, -0.2) is 4.98 Å². The molecule has 1 heterocycles. The lowest BCUT2D eigenvalue weighted by Gasteiger charge is -2.23.